The van der Waals surface area contributed by atoms with Crippen molar-refractivity contribution in [3.63, 3.8) is 0 Å². The third-order valence-electron chi connectivity index (χ3n) is 5.92. The normalized spacial score (nSPS) is 13.6. The van der Waals surface area contributed by atoms with Crippen molar-refractivity contribution in [2.75, 3.05) is 18.8 Å². The molecule has 170 valence electrons. The molecular formula is C24H21N7O3. The molecule has 10 nitrogen and oxygen atoms in total. The first-order valence-electron chi connectivity index (χ1n) is 10.8. The molecule has 0 atom stereocenters. The van der Waals surface area contributed by atoms with Crippen molar-refractivity contribution in [2.24, 2.45) is 0 Å². The van der Waals surface area contributed by atoms with E-state index in [9.17, 15) is 20.0 Å². The minimum absolute atomic E-state index is 0.0977. The van der Waals surface area contributed by atoms with Gasteiger partial charge in [0, 0.05) is 49.2 Å². The number of imidazole rings is 1. The van der Waals surface area contributed by atoms with E-state index in [0.717, 1.165) is 0 Å². The van der Waals surface area contributed by atoms with Crippen molar-refractivity contribution in [1.82, 2.24) is 23.8 Å². The van der Waals surface area contributed by atoms with Crippen molar-refractivity contribution in [3.05, 3.63) is 70.4 Å². The van der Waals surface area contributed by atoms with Crippen molar-refractivity contribution >= 4 is 17.5 Å². The van der Waals surface area contributed by atoms with Gasteiger partial charge in [-0.3, -0.25) is 14.0 Å². The number of nitriles is 1. The van der Waals surface area contributed by atoms with Gasteiger partial charge in [-0.15, -0.1) is 0 Å². The largest absolute Gasteiger partial charge is 0.389 e. The van der Waals surface area contributed by atoms with Crippen molar-refractivity contribution < 1.29 is 9.90 Å². The predicted octanol–water partition coefficient (Wildman–Crippen LogP) is 1.52. The fraction of sp³-hybridized carbons (Fsp3) is 0.208. The lowest BCUT2D eigenvalue weighted by Gasteiger charge is -2.35. The minimum atomic E-state index is -0.535. The molecule has 0 radical (unpaired) electrons. The monoisotopic (exact) mass is 455 g/mol. The van der Waals surface area contributed by atoms with E-state index in [-0.39, 0.29) is 36.2 Å². The number of β-amino-alcohol motifs (C(OH)–C–C–N with tert-alkyl or cyclic N) is 1. The summed E-state index contributed by atoms with van der Waals surface area (Å²) >= 11 is 0. The number of nitrogens with zero attached hydrogens (tertiary/aromatic N) is 6. The number of rotatable bonds is 4. The van der Waals surface area contributed by atoms with Crippen LogP contribution >= 0.6 is 0 Å². The Morgan fingerprint density at radius 1 is 1.21 bits per heavy atom. The number of aliphatic hydroxyl groups excluding tert-OH is 1. The molecule has 0 spiro atoms. The molecule has 0 saturated carbocycles. The van der Waals surface area contributed by atoms with Crippen LogP contribution in [-0.4, -0.2) is 54.0 Å². The number of hydrogen-bond acceptors (Lipinski definition) is 7. The highest BCUT2D eigenvalue weighted by Crippen LogP contribution is 2.36. The standard InChI is InChI=1S/C24H21N7O3/c1-2-29-10-15(7-8-19(29)33)20-21(17-6-4-3-5-14(17)9-25)28-24(26)31-13-18(27-22(20)31)23(34)30-11-16(32)12-30/h3-8,10,13,16,32H,2,11-12H2,1H3,(H2,26,28). The molecule has 4 aromatic rings. The Bertz CT molecular complexity index is 1540. The average molecular weight is 455 g/mol. The molecule has 0 bridgehead atoms. The molecule has 10 heteroatoms. The lowest BCUT2D eigenvalue weighted by atomic mass is 9.98. The number of pyridine rings is 1. The number of anilines is 1. The summed E-state index contributed by atoms with van der Waals surface area (Å²) in [6.07, 6.45) is 2.69. The number of fused-ring (bicyclic) bond motifs is 1. The van der Waals surface area contributed by atoms with Crippen LogP contribution in [0.5, 0.6) is 0 Å². The van der Waals surface area contributed by atoms with Crippen LogP contribution in [0.3, 0.4) is 0 Å². The fourth-order valence-corrected chi connectivity index (χ4v) is 4.12. The second kappa shape index (κ2) is 8.13. The Kier molecular flexibility index (Phi) is 5.11. The molecule has 1 fully saturated rings. The van der Waals surface area contributed by atoms with Gasteiger partial charge in [0.25, 0.3) is 11.5 Å². The highest BCUT2D eigenvalue weighted by atomic mass is 16.3. The quantitative estimate of drug-likeness (QED) is 0.475. The minimum Gasteiger partial charge on any atom is -0.389 e. The first kappa shape index (κ1) is 21.4. The zero-order valence-electron chi connectivity index (χ0n) is 18.3. The number of hydrogen-bond donors (Lipinski definition) is 2. The molecular weight excluding hydrogens is 434 g/mol. The van der Waals surface area contributed by atoms with Crippen LogP contribution in [0.15, 0.2) is 53.6 Å². The molecule has 0 unspecified atom stereocenters. The second-order valence-corrected chi connectivity index (χ2v) is 8.08. The van der Waals surface area contributed by atoms with Gasteiger partial charge in [0.15, 0.2) is 5.65 Å². The molecule has 1 saturated heterocycles. The first-order chi connectivity index (χ1) is 16.4. The van der Waals surface area contributed by atoms with Gasteiger partial charge >= 0.3 is 0 Å². The predicted molar refractivity (Wildman–Crippen MR) is 125 cm³/mol. The third kappa shape index (κ3) is 3.39. The SMILES string of the molecule is CCn1cc(-c2c(-c3ccccc3C#N)nc(N)n3cc(C(=O)N4CC(O)C4)nc23)ccc1=O. The molecule has 3 N–H and O–H groups in total. The zero-order chi connectivity index (χ0) is 24.0. The summed E-state index contributed by atoms with van der Waals surface area (Å²) in [5.74, 6) is -0.225. The van der Waals surface area contributed by atoms with Crippen LogP contribution < -0.4 is 11.3 Å². The molecule has 0 aliphatic carbocycles. The van der Waals surface area contributed by atoms with E-state index in [1.54, 1.807) is 41.1 Å². The van der Waals surface area contributed by atoms with Gasteiger partial charge in [-0.2, -0.15) is 5.26 Å². The third-order valence-corrected chi connectivity index (χ3v) is 5.92. The highest BCUT2D eigenvalue weighted by molar-refractivity contribution is 5.97. The van der Waals surface area contributed by atoms with Crippen molar-refractivity contribution in [1.29, 1.82) is 5.26 Å². The summed E-state index contributed by atoms with van der Waals surface area (Å²) in [5.41, 5.74) is 9.24. The van der Waals surface area contributed by atoms with Crippen LogP contribution in [0.25, 0.3) is 28.0 Å². The summed E-state index contributed by atoms with van der Waals surface area (Å²) in [6, 6.07) is 12.3. The Balaban J connectivity index is 1.81. The fourth-order valence-electron chi connectivity index (χ4n) is 4.12. The molecule has 1 aromatic carbocycles. The van der Waals surface area contributed by atoms with Crippen LogP contribution in [0.2, 0.25) is 0 Å². The van der Waals surface area contributed by atoms with E-state index in [0.29, 0.717) is 40.1 Å². The highest BCUT2D eigenvalue weighted by Gasteiger charge is 2.31. The molecule has 4 heterocycles. The molecule has 34 heavy (non-hydrogen) atoms. The number of carbonyl (C=O) groups excluding carboxylic acids is 1. The van der Waals surface area contributed by atoms with Crippen molar-refractivity contribution in [3.8, 4) is 28.5 Å². The maximum atomic E-state index is 12.9. The van der Waals surface area contributed by atoms with Crippen LogP contribution in [-0.2, 0) is 6.54 Å². The maximum absolute atomic E-state index is 12.9. The van der Waals surface area contributed by atoms with Gasteiger partial charge < -0.3 is 20.3 Å². The van der Waals surface area contributed by atoms with Crippen LogP contribution in [0.4, 0.5) is 5.95 Å². The summed E-state index contributed by atoms with van der Waals surface area (Å²) in [5, 5.41) is 19.3. The van der Waals surface area contributed by atoms with E-state index in [4.69, 9.17) is 5.73 Å². The van der Waals surface area contributed by atoms with E-state index in [2.05, 4.69) is 16.0 Å². The molecule has 1 aliphatic heterocycles. The lowest BCUT2D eigenvalue weighted by molar-refractivity contribution is 0.00555. The average Bonchev–Trinajstić information content (AvgIpc) is 3.28. The molecule has 1 amide bonds. The summed E-state index contributed by atoms with van der Waals surface area (Å²) in [7, 11) is 0. The van der Waals surface area contributed by atoms with E-state index in [1.165, 1.54) is 21.6 Å². The zero-order valence-corrected chi connectivity index (χ0v) is 18.3. The number of nitrogen functional groups attached to an aromatic ring is 1. The number of benzene rings is 1. The number of carbonyl (C=O) groups is 1. The van der Waals surface area contributed by atoms with Gasteiger partial charge in [0.1, 0.15) is 5.69 Å². The van der Waals surface area contributed by atoms with Crippen LogP contribution in [0, 0.1) is 11.3 Å². The Labute approximate surface area is 194 Å². The summed E-state index contributed by atoms with van der Waals surface area (Å²) in [6.45, 7) is 2.82. The summed E-state index contributed by atoms with van der Waals surface area (Å²) in [4.78, 5) is 35.8. The number of aromatic nitrogens is 4. The maximum Gasteiger partial charge on any atom is 0.274 e. The lowest BCUT2D eigenvalue weighted by Crippen LogP contribution is -2.53. The van der Waals surface area contributed by atoms with Gasteiger partial charge in [-0.25, -0.2) is 9.97 Å². The number of aryl methyl sites for hydroxylation is 1. The Morgan fingerprint density at radius 3 is 2.68 bits per heavy atom. The Morgan fingerprint density at radius 2 is 1.97 bits per heavy atom. The van der Waals surface area contributed by atoms with E-state index >= 15 is 0 Å². The summed E-state index contributed by atoms with van der Waals surface area (Å²) < 4.78 is 3.08. The van der Waals surface area contributed by atoms with E-state index < -0.39 is 6.10 Å². The number of amides is 1. The number of likely N-dealkylation sites (tertiary alicyclic amines) is 1. The second-order valence-electron chi connectivity index (χ2n) is 8.08. The van der Waals surface area contributed by atoms with Gasteiger partial charge in [0.2, 0.25) is 5.95 Å². The van der Waals surface area contributed by atoms with E-state index in [1.807, 2.05) is 6.92 Å². The molecule has 1 aliphatic rings. The number of nitrogens with two attached hydrogens (primary N) is 1. The first-order valence-corrected chi connectivity index (χ1v) is 10.8. The molecule has 3 aromatic heterocycles. The van der Waals surface area contributed by atoms with Crippen molar-refractivity contribution in [2.45, 2.75) is 19.6 Å². The Hall–Kier alpha value is -4.49. The van der Waals surface area contributed by atoms with Crippen LogP contribution in [0.1, 0.15) is 23.0 Å². The number of aliphatic hydroxyl groups is 1. The van der Waals surface area contributed by atoms with Gasteiger partial charge in [-0.1, -0.05) is 18.2 Å². The molecule has 5 rings (SSSR count). The van der Waals surface area contributed by atoms with Gasteiger partial charge in [-0.05, 0) is 19.1 Å². The topological polar surface area (TPSA) is 143 Å². The van der Waals surface area contributed by atoms with Gasteiger partial charge in [0.05, 0.1) is 29.0 Å². The smallest absolute Gasteiger partial charge is 0.274 e.